The molecule has 0 saturated carbocycles. The van der Waals surface area contributed by atoms with Crippen molar-refractivity contribution in [3.8, 4) is 0 Å². The molecule has 9 nitrogen and oxygen atoms in total. The summed E-state index contributed by atoms with van der Waals surface area (Å²) in [7, 11) is 0. The number of nitro groups is 1. The van der Waals surface area contributed by atoms with Crippen molar-refractivity contribution in [1.82, 2.24) is 25.0 Å². The number of rotatable bonds is 6. The molecule has 0 aliphatic carbocycles. The number of aryl methyl sites for hydroxylation is 1. The van der Waals surface area contributed by atoms with Crippen LogP contribution in [0.25, 0.3) is 0 Å². The van der Waals surface area contributed by atoms with Crippen LogP contribution in [0.2, 0.25) is 0 Å². The van der Waals surface area contributed by atoms with Gasteiger partial charge in [-0.15, -0.1) is 0 Å². The Balaban J connectivity index is 1.49. The number of aromatic nitrogens is 3. The summed E-state index contributed by atoms with van der Waals surface area (Å²) in [6, 6.07) is 6.02. The Morgan fingerprint density at radius 2 is 2.07 bits per heavy atom. The molecule has 0 atom stereocenters. The number of pyridine rings is 1. The molecule has 0 spiro atoms. The Labute approximate surface area is 157 Å². The van der Waals surface area contributed by atoms with Gasteiger partial charge in [-0.05, 0) is 38.8 Å². The van der Waals surface area contributed by atoms with Gasteiger partial charge in [0.2, 0.25) is 5.91 Å². The van der Waals surface area contributed by atoms with Crippen LogP contribution in [0.4, 0.5) is 5.69 Å². The van der Waals surface area contributed by atoms with E-state index < -0.39 is 4.92 Å². The normalized spacial score (nSPS) is 15.6. The topological polar surface area (TPSA) is 106 Å². The third kappa shape index (κ3) is 4.68. The molecule has 0 aromatic carbocycles. The van der Waals surface area contributed by atoms with Gasteiger partial charge in [0.25, 0.3) is 0 Å². The highest BCUT2D eigenvalue weighted by molar-refractivity contribution is 5.76. The fraction of sp³-hybridized carbons (Fsp3) is 0.500. The molecular weight excluding hydrogens is 348 g/mol. The van der Waals surface area contributed by atoms with Gasteiger partial charge in [-0.1, -0.05) is 6.07 Å². The lowest BCUT2D eigenvalue weighted by Gasteiger charge is -2.32. The number of carbonyl (C=O) groups is 1. The molecule has 9 heteroatoms. The molecule has 1 aliphatic rings. The van der Waals surface area contributed by atoms with E-state index in [1.165, 1.54) is 4.68 Å². The zero-order valence-electron chi connectivity index (χ0n) is 15.6. The lowest BCUT2D eigenvalue weighted by Crippen LogP contribution is -2.45. The van der Waals surface area contributed by atoms with Crippen molar-refractivity contribution in [1.29, 1.82) is 0 Å². The smallest absolute Gasteiger partial charge is 0.312 e. The molecule has 1 saturated heterocycles. The second-order valence-electron chi connectivity index (χ2n) is 6.87. The highest BCUT2D eigenvalue weighted by atomic mass is 16.6. The maximum Gasteiger partial charge on any atom is 0.312 e. The second-order valence-corrected chi connectivity index (χ2v) is 6.87. The molecule has 1 fully saturated rings. The first-order valence-corrected chi connectivity index (χ1v) is 9.04. The predicted molar refractivity (Wildman–Crippen MR) is 99.0 cm³/mol. The molecule has 0 unspecified atom stereocenters. The lowest BCUT2D eigenvalue weighted by atomic mass is 10.0. The number of carbonyl (C=O) groups excluding carboxylic acids is 1. The summed E-state index contributed by atoms with van der Waals surface area (Å²) in [6.07, 6.45) is 3.54. The Bertz CT molecular complexity index is 812. The van der Waals surface area contributed by atoms with Crippen LogP contribution in [0.3, 0.4) is 0 Å². The Morgan fingerprint density at radius 3 is 2.67 bits per heavy atom. The number of amides is 1. The first-order chi connectivity index (χ1) is 12.9. The van der Waals surface area contributed by atoms with Crippen LogP contribution < -0.4 is 5.32 Å². The van der Waals surface area contributed by atoms with Crippen LogP contribution in [0.5, 0.6) is 0 Å². The van der Waals surface area contributed by atoms with Gasteiger partial charge in [-0.2, -0.15) is 5.10 Å². The van der Waals surface area contributed by atoms with Crippen LogP contribution in [0, 0.1) is 24.0 Å². The Kier molecular flexibility index (Phi) is 5.80. The highest BCUT2D eigenvalue weighted by Gasteiger charge is 2.24. The minimum Gasteiger partial charge on any atom is -0.352 e. The number of hydrogen-bond acceptors (Lipinski definition) is 6. The van der Waals surface area contributed by atoms with Gasteiger partial charge in [-0.3, -0.25) is 29.5 Å². The molecule has 3 rings (SSSR count). The largest absolute Gasteiger partial charge is 0.352 e. The Hall–Kier alpha value is -2.81. The molecule has 1 aliphatic heterocycles. The zero-order chi connectivity index (χ0) is 19.4. The first kappa shape index (κ1) is 19.0. The average Bonchev–Trinajstić information content (AvgIpc) is 2.91. The van der Waals surface area contributed by atoms with E-state index in [4.69, 9.17) is 0 Å². The standard InChI is InChI=1S/C18H24N6O3/c1-13-18(24(26)27)14(2)23(21-13)12-17(25)20-15-6-9-22(10-7-15)11-16-5-3-4-8-19-16/h3-5,8,15H,6-7,9-12H2,1-2H3,(H,20,25). The van der Waals surface area contributed by atoms with Crippen molar-refractivity contribution >= 4 is 11.6 Å². The molecule has 0 bridgehead atoms. The van der Waals surface area contributed by atoms with Crippen LogP contribution >= 0.6 is 0 Å². The highest BCUT2D eigenvalue weighted by Crippen LogP contribution is 2.21. The molecule has 2 aromatic heterocycles. The van der Waals surface area contributed by atoms with Gasteiger partial charge in [0.15, 0.2) is 0 Å². The van der Waals surface area contributed by atoms with Crippen molar-refractivity contribution in [3.63, 3.8) is 0 Å². The van der Waals surface area contributed by atoms with Crippen molar-refractivity contribution in [3.05, 3.63) is 51.6 Å². The third-order valence-electron chi connectivity index (χ3n) is 4.88. The summed E-state index contributed by atoms with van der Waals surface area (Å²) in [6.45, 7) is 5.80. The molecule has 0 radical (unpaired) electrons. The second kappa shape index (κ2) is 8.26. The van der Waals surface area contributed by atoms with Crippen molar-refractivity contribution in [2.24, 2.45) is 0 Å². The van der Waals surface area contributed by atoms with Gasteiger partial charge in [0, 0.05) is 31.9 Å². The summed E-state index contributed by atoms with van der Waals surface area (Å²) < 4.78 is 1.40. The van der Waals surface area contributed by atoms with E-state index >= 15 is 0 Å². The number of hydrogen-bond donors (Lipinski definition) is 1. The zero-order valence-corrected chi connectivity index (χ0v) is 15.6. The lowest BCUT2D eigenvalue weighted by molar-refractivity contribution is -0.386. The maximum absolute atomic E-state index is 12.3. The van der Waals surface area contributed by atoms with Gasteiger partial charge in [0.1, 0.15) is 17.9 Å². The van der Waals surface area contributed by atoms with E-state index in [1.54, 1.807) is 20.0 Å². The monoisotopic (exact) mass is 372 g/mol. The van der Waals surface area contributed by atoms with Gasteiger partial charge in [0.05, 0.1) is 10.6 Å². The maximum atomic E-state index is 12.3. The summed E-state index contributed by atoms with van der Waals surface area (Å²) in [5.41, 5.74) is 1.75. The minimum atomic E-state index is -0.455. The van der Waals surface area contributed by atoms with Gasteiger partial charge < -0.3 is 5.32 Å². The first-order valence-electron chi connectivity index (χ1n) is 9.04. The minimum absolute atomic E-state index is 0.00529. The summed E-state index contributed by atoms with van der Waals surface area (Å²) in [5, 5.41) is 18.2. The van der Waals surface area contributed by atoms with Gasteiger partial charge >= 0.3 is 5.69 Å². The van der Waals surface area contributed by atoms with Crippen LogP contribution in [0.15, 0.2) is 24.4 Å². The molecule has 144 valence electrons. The SMILES string of the molecule is Cc1nn(CC(=O)NC2CCN(Cc3ccccn3)CC2)c(C)c1[N+](=O)[O-]. The van der Waals surface area contributed by atoms with E-state index in [1.807, 2.05) is 18.2 Å². The average molecular weight is 372 g/mol. The summed E-state index contributed by atoms with van der Waals surface area (Å²) >= 11 is 0. The fourth-order valence-corrected chi connectivity index (χ4v) is 3.47. The summed E-state index contributed by atoms with van der Waals surface area (Å²) in [4.78, 5) is 29.6. The van der Waals surface area contributed by atoms with E-state index in [0.717, 1.165) is 38.2 Å². The van der Waals surface area contributed by atoms with Gasteiger partial charge in [-0.25, -0.2) is 0 Å². The van der Waals surface area contributed by atoms with Crippen molar-refractivity contribution in [2.45, 2.75) is 45.8 Å². The number of nitrogens with one attached hydrogen (secondary N) is 1. The predicted octanol–water partition coefficient (Wildman–Crippen LogP) is 1.58. The van der Waals surface area contributed by atoms with E-state index in [9.17, 15) is 14.9 Å². The third-order valence-corrected chi connectivity index (χ3v) is 4.88. The number of piperidine rings is 1. The molecule has 1 amide bonds. The quantitative estimate of drug-likeness (QED) is 0.610. The molecular formula is C18H24N6O3. The molecule has 2 aromatic rings. The molecule has 27 heavy (non-hydrogen) atoms. The Morgan fingerprint density at radius 1 is 1.33 bits per heavy atom. The number of nitrogens with zero attached hydrogens (tertiary/aromatic N) is 5. The van der Waals surface area contributed by atoms with Crippen molar-refractivity contribution < 1.29 is 9.72 Å². The fourth-order valence-electron chi connectivity index (χ4n) is 3.47. The van der Waals surface area contributed by atoms with E-state index in [2.05, 4.69) is 20.3 Å². The number of likely N-dealkylation sites (tertiary alicyclic amines) is 1. The summed E-state index contributed by atoms with van der Waals surface area (Å²) in [5.74, 6) is -0.168. The van der Waals surface area contributed by atoms with Crippen LogP contribution in [-0.2, 0) is 17.9 Å². The van der Waals surface area contributed by atoms with E-state index in [-0.39, 0.29) is 24.2 Å². The van der Waals surface area contributed by atoms with Crippen molar-refractivity contribution in [2.75, 3.05) is 13.1 Å². The van der Waals surface area contributed by atoms with Crippen LogP contribution in [0.1, 0.15) is 29.9 Å². The molecule has 3 heterocycles. The molecule has 1 N–H and O–H groups in total. The van der Waals surface area contributed by atoms with Crippen LogP contribution in [-0.4, -0.2) is 49.6 Å². The van der Waals surface area contributed by atoms with E-state index in [0.29, 0.717) is 11.4 Å².